The summed E-state index contributed by atoms with van der Waals surface area (Å²) in [6, 6.07) is 16.8. The molecule has 3 aromatic rings. The van der Waals surface area contributed by atoms with E-state index >= 15 is 0 Å². The Labute approximate surface area is 157 Å². The van der Waals surface area contributed by atoms with Crippen LogP contribution in [0.5, 0.6) is 0 Å². The Morgan fingerprint density at radius 1 is 1.00 bits per heavy atom. The van der Waals surface area contributed by atoms with Gasteiger partial charge in [-0.25, -0.2) is 0 Å². The minimum Gasteiger partial charge on any atom is -0.267 e. The number of nitrogens with zero attached hydrogens (tertiary/aromatic N) is 1. The third kappa shape index (κ3) is 3.67. The van der Waals surface area contributed by atoms with Gasteiger partial charge in [0.1, 0.15) is 0 Å². The molecule has 136 valence electrons. The summed E-state index contributed by atoms with van der Waals surface area (Å²) in [4.78, 5) is 29.7. The zero-order chi connectivity index (χ0) is 18.8. The highest BCUT2D eigenvalue weighted by atomic mass is 16.2. The van der Waals surface area contributed by atoms with E-state index in [1.807, 2.05) is 42.5 Å². The number of nitrogens with one attached hydrogen (secondary N) is 2. The minimum absolute atomic E-state index is 0.339. The normalized spacial score (nSPS) is 13.4. The van der Waals surface area contributed by atoms with Crippen molar-refractivity contribution in [2.45, 2.75) is 32.1 Å². The van der Waals surface area contributed by atoms with Crippen molar-refractivity contribution < 1.29 is 9.59 Å². The smallest absolute Gasteiger partial charge is 0.267 e. The van der Waals surface area contributed by atoms with Crippen LogP contribution in [0.4, 0.5) is 0 Å². The molecule has 0 saturated heterocycles. The third-order valence-corrected chi connectivity index (χ3v) is 4.89. The van der Waals surface area contributed by atoms with Crippen molar-refractivity contribution in [1.29, 1.82) is 0 Å². The summed E-state index contributed by atoms with van der Waals surface area (Å²) in [5.41, 5.74) is 8.98. The minimum atomic E-state index is -0.341. The molecule has 0 aliphatic heterocycles. The van der Waals surface area contributed by atoms with Crippen LogP contribution in [0.3, 0.4) is 0 Å². The van der Waals surface area contributed by atoms with Crippen molar-refractivity contribution in [3.05, 3.63) is 77.0 Å². The maximum Gasteiger partial charge on any atom is 0.270 e. The summed E-state index contributed by atoms with van der Waals surface area (Å²) >= 11 is 0. The number of carbonyl (C=O) groups excluding carboxylic acids is 2. The second-order valence-corrected chi connectivity index (χ2v) is 6.84. The van der Waals surface area contributed by atoms with E-state index in [-0.39, 0.29) is 11.8 Å². The number of rotatable bonds is 4. The lowest BCUT2D eigenvalue weighted by molar-refractivity contribution is 0.0847. The van der Waals surface area contributed by atoms with Gasteiger partial charge in [0.15, 0.2) is 0 Å². The molecule has 0 spiro atoms. The van der Waals surface area contributed by atoms with Crippen molar-refractivity contribution in [2.75, 3.05) is 0 Å². The van der Waals surface area contributed by atoms with Crippen LogP contribution in [0.15, 0.2) is 54.6 Å². The van der Waals surface area contributed by atoms with Crippen LogP contribution >= 0.6 is 0 Å². The average molecular weight is 359 g/mol. The number of aryl methyl sites for hydroxylation is 1. The fourth-order valence-electron chi connectivity index (χ4n) is 3.12. The number of amides is 2. The maximum atomic E-state index is 12.7. The van der Waals surface area contributed by atoms with Crippen LogP contribution in [0.2, 0.25) is 0 Å². The lowest BCUT2D eigenvalue weighted by atomic mass is 10.1. The molecular formula is C22H21N3O2. The summed E-state index contributed by atoms with van der Waals surface area (Å²) < 4.78 is 0. The number of hydrogen-bond acceptors (Lipinski definition) is 3. The number of hydrazine groups is 1. The third-order valence-electron chi connectivity index (χ3n) is 4.89. The molecule has 0 radical (unpaired) electrons. The molecule has 1 heterocycles. The molecule has 0 atom stereocenters. The van der Waals surface area contributed by atoms with Crippen molar-refractivity contribution in [2.24, 2.45) is 0 Å². The number of benzene rings is 2. The fraction of sp³-hybridized carbons (Fsp3) is 0.227. The van der Waals surface area contributed by atoms with Gasteiger partial charge >= 0.3 is 0 Å². The first-order chi connectivity index (χ1) is 13.2. The predicted octanol–water partition coefficient (Wildman–Crippen LogP) is 3.75. The van der Waals surface area contributed by atoms with Gasteiger partial charge in [0, 0.05) is 22.6 Å². The molecule has 2 N–H and O–H groups in total. The second kappa shape index (κ2) is 7.19. The van der Waals surface area contributed by atoms with Gasteiger partial charge < -0.3 is 0 Å². The lowest BCUT2D eigenvalue weighted by Gasteiger charge is -2.11. The summed E-state index contributed by atoms with van der Waals surface area (Å²) in [6.07, 6.45) is 3.13. The average Bonchev–Trinajstić information content (AvgIpc) is 3.56. The summed E-state index contributed by atoms with van der Waals surface area (Å²) in [5, 5.41) is 0.779. The number of pyridine rings is 1. The first-order valence-corrected chi connectivity index (χ1v) is 9.25. The molecule has 2 amide bonds. The van der Waals surface area contributed by atoms with E-state index in [0.717, 1.165) is 41.4 Å². The van der Waals surface area contributed by atoms with Crippen LogP contribution in [-0.2, 0) is 6.42 Å². The van der Waals surface area contributed by atoms with E-state index in [0.29, 0.717) is 17.0 Å². The summed E-state index contributed by atoms with van der Waals surface area (Å²) in [7, 11) is 0. The highest BCUT2D eigenvalue weighted by molar-refractivity contribution is 6.07. The molecule has 2 aromatic carbocycles. The van der Waals surface area contributed by atoms with Gasteiger partial charge in [0.05, 0.1) is 11.1 Å². The summed E-state index contributed by atoms with van der Waals surface area (Å²) in [5.74, 6) is -0.242. The van der Waals surface area contributed by atoms with Gasteiger partial charge in [-0.2, -0.15) is 0 Å². The highest BCUT2D eigenvalue weighted by Crippen LogP contribution is 2.40. The van der Waals surface area contributed by atoms with E-state index in [2.05, 4.69) is 22.8 Å². The molecule has 1 aliphatic rings. The molecule has 5 heteroatoms. The van der Waals surface area contributed by atoms with Crippen LogP contribution in [0, 0.1) is 0 Å². The molecule has 1 fully saturated rings. The van der Waals surface area contributed by atoms with Gasteiger partial charge in [0.25, 0.3) is 11.8 Å². The number of fused-ring (bicyclic) bond motifs is 1. The Morgan fingerprint density at radius 2 is 1.70 bits per heavy atom. The highest BCUT2D eigenvalue weighted by Gasteiger charge is 2.27. The van der Waals surface area contributed by atoms with Crippen molar-refractivity contribution >= 4 is 22.7 Å². The molecule has 27 heavy (non-hydrogen) atoms. The van der Waals surface area contributed by atoms with Crippen LogP contribution in [-0.4, -0.2) is 16.8 Å². The SMILES string of the molecule is CCc1ccc(C(=O)NNC(=O)c2cc(C3CC3)nc3ccccc23)cc1. The Balaban J connectivity index is 1.53. The number of aromatic nitrogens is 1. The zero-order valence-electron chi connectivity index (χ0n) is 15.2. The van der Waals surface area contributed by atoms with Crippen molar-refractivity contribution in [1.82, 2.24) is 15.8 Å². The Kier molecular flexibility index (Phi) is 4.59. The van der Waals surface area contributed by atoms with Crippen LogP contribution < -0.4 is 10.9 Å². The van der Waals surface area contributed by atoms with E-state index in [4.69, 9.17) is 0 Å². The Morgan fingerprint density at radius 3 is 2.41 bits per heavy atom. The largest absolute Gasteiger partial charge is 0.270 e. The lowest BCUT2D eigenvalue weighted by Crippen LogP contribution is -2.41. The number of carbonyl (C=O) groups is 2. The van der Waals surface area contributed by atoms with Gasteiger partial charge in [0.2, 0.25) is 0 Å². The zero-order valence-corrected chi connectivity index (χ0v) is 15.2. The van der Waals surface area contributed by atoms with Crippen molar-refractivity contribution in [3.8, 4) is 0 Å². The van der Waals surface area contributed by atoms with Crippen molar-refractivity contribution in [3.63, 3.8) is 0 Å². The van der Waals surface area contributed by atoms with E-state index in [1.165, 1.54) is 0 Å². The van der Waals surface area contributed by atoms with Crippen LogP contribution in [0.1, 0.15) is 57.7 Å². The van der Waals surface area contributed by atoms with Crippen LogP contribution in [0.25, 0.3) is 10.9 Å². The molecular weight excluding hydrogens is 338 g/mol. The first kappa shape index (κ1) is 17.2. The van der Waals surface area contributed by atoms with Gasteiger partial charge in [-0.15, -0.1) is 0 Å². The molecule has 5 nitrogen and oxygen atoms in total. The summed E-state index contributed by atoms with van der Waals surface area (Å²) in [6.45, 7) is 2.06. The molecule has 0 unspecified atom stereocenters. The molecule has 0 bridgehead atoms. The molecule has 4 rings (SSSR count). The standard InChI is InChI=1S/C22H21N3O2/c1-2-14-7-9-16(10-8-14)21(26)24-25-22(27)18-13-20(15-11-12-15)23-19-6-4-3-5-17(18)19/h3-10,13,15H,2,11-12H2,1H3,(H,24,26)(H,25,27). The quantitative estimate of drug-likeness (QED) is 0.697. The van der Waals surface area contributed by atoms with Gasteiger partial charge in [-0.3, -0.25) is 25.4 Å². The molecule has 1 saturated carbocycles. The maximum absolute atomic E-state index is 12.7. The monoisotopic (exact) mass is 359 g/mol. The Hall–Kier alpha value is -3.21. The molecule has 1 aromatic heterocycles. The Bertz CT molecular complexity index is 1010. The topological polar surface area (TPSA) is 71.1 Å². The number of hydrogen-bond donors (Lipinski definition) is 2. The predicted molar refractivity (Wildman–Crippen MR) is 104 cm³/mol. The van der Waals surface area contributed by atoms with E-state index < -0.39 is 0 Å². The number of para-hydroxylation sites is 1. The second-order valence-electron chi connectivity index (χ2n) is 6.84. The first-order valence-electron chi connectivity index (χ1n) is 9.25. The fourth-order valence-corrected chi connectivity index (χ4v) is 3.12. The van der Waals surface area contributed by atoms with E-state index in [1.54, 1.807) is 12.1 Å². The van der Waals surface area contributed by atoms with Gasteiger partial charge in [-0.1, -0.05) is 37.3 Å². The molecule has 1 aliphatic carbocycles. The van der Waals surface area contributed by atoms with Gasteiger partial charge in [-0.05, 0) is 49.1 Å². The van der Waals surface area contributed by atoms with E-state index in [9.17, 15) is 9.59 Å².